The molecule has 0 saturated carbocycles. The van der Waals surface area contributed by atoms with E-state index in [0.29, 0.717) is 0 Å². The Morgan fingerprint density at radius 2 is 2.29 bits per heavy atom. The third-order valence-corrected chi connectivity index (χ3v) is 5.49. The van der Waals surface area contributed by atoms with Gasteiger partial charge in [-0.05, 0) is 34.1 Å². The molecule has 2 aromatic rings. The molecule has 0 bridgehead atoms. The molecule has 2 aromatic heterocycles. The van der Waals surface area contributed by atoms with Gasteiger partial charge in [-0.15, -0.1) is 11.3 Å². The monoisotopic (exact) mass is 354 g/mol. The molecular weight excluding hydrogens is 351 g/mol. The molecule has 0 N–H and O–H groups in total. The molecule has 74 valence electrons. The molecule has 0 amide bonds. The Morgan fingerprint density at radius 1 is 1.50 bits per heavy atom. The first-order chi connectivity index (χ1) is 6.68. The van der Waals surface area contributed by atoms with Crippen LogP contribution in [0.1, 0.15) is 15.5 Å². The molecule has 0 aliphatic rings. The maximum absolute atomic E-state index is 5.95. The van der Waals surface area contributed by atoms with Crippen molar-refractivity contribution >= 4 is 54.8 Å². The van der Waals surface area contributed by atoms with Crippen molar-refractivity contribution in [3.8, 4) is 0 Å². The van der Waals surface area contributed by atoms with Gasteiger partial charge in [0, 0.05) is 4.88 Å². The molecule has 1 unspecified atom stereocenters. The highest BCUT2D eigenvalue weighted by atomic mass is 79.9. The van der Waals surface area contributed by atoms with Crippen LogP contribution in [0.3, 0.4) is 0 Å². The minimum atomic E-state index is 0.0753. The van der Waals surface area contributed by atoms with Crippen molar-refractivity contribution < 1.29 is 4.42 Å². The summed E-state index contributed by atoms with van der Waals surface area (Å²) >= 11 is 14.5. The van der Waals surface area contributed by atoms with Gasteiger partial charge in [-0.1, -0.05) is 27.5 Å². The molecule has 2 heterocycles. The van der Waals surface area contributed by atoms with Crippen LogP contribution in [0, 0.1) is 0 Å². The molecule has 0 spiro atoms. The molecule has 0 aliphatic heterocycles. The Hall–Kier alpha value is 0.230. The van der Waals surface area contributed by atoms with Crippen molar-refractivity contribution in [2.24, 2.45) is 0 Å². The van der Waals surface area contributed by atoms with Gasteiger partial charge in [-0.25, -0.2) is 0 Å². The molecule has 0 radical (unpaired) electrons. The summed E-state index contributed by atoms with van der Waals surface area (Å²) in [6.07, 6.45) is 1.66. The Bertz CT molecular complexity index is 404. The molecule has 0 saturated heterocycles. The lowest BCUT2D eigenvalue weighted by Gasteiger charge is -2.01. The molecular formula is C9H5Br2ClOS. The molecule has 5 heteroatoms. The fourth-order valence-corrected chi connectivity index (χ4v) is 3.47. The summed E-state index contributed by atoms with van der Waals surface area (Å²) in [5.41, 5.74) is 0. The van der Waals surface area contributed by atoms with Crippen LogP contribution in [0.2, 0.25) is 5.02 Å². The molecule has 0 aromatic carbocycles. The number of furan rings is 1. The lowest BCUT2D eigenvalue weighted by molar-refractivity contribution is 0.521. The second-order valence-corrected chi connectivity index (χ2v) is 6.37. The van der Waals surface area contributed by atoms with Gasteiger partial charge in [-0.2, -0.15) is 0 Å². The third kappa shape index (κ3) is 2.08. The second-order valence-electron chi connectivity index (χ2n) is 2.65. The standard InChI is InChI=1S/C9H5Br2ClOS/c10-8(6-2-1-3-13-6)7-4-5(12)9(11)14-7/h1-4,8H. The molecule has 14 heavy (non-hydrogen) atoms. The Kier molecular flexibility index (Phi) is 3.37. The molecule has 2 rings (SSSR count). The summed E-state index contributed by atoms with van der Waals surface area (Å²) in [4.78, 5) is 1.20. The average Bonchev–Trinajstić information content (AvgIpc) is 2.76. The molecule has 1 atom stereocenters. The lowest BCUT2D eigenvalue weighted by atomic mass is 10.3. The Balaban J connectivity index is 2.32. The zero-order chi connectivity index (χ0) is 10.1. The van der Waals surface area contributed by atoms with E-state index in [4.69, 9.17) is 16.0 Å². The number of hydrogen-bond donors (Lipinski definition) is 0. The minimum Gasteiger partial charge on any atom is -0.468 e. The predicted octanol–water partition coefficient (Wildman–Crippen LogP) is 5.24. The van der Waals surface area contributed by atoms with E-state index in [9.17, 15) is 0 Å². The summed E-state index contributed by atoms with van der Waals surface area (Å²) in [5.74, 6) is 0.885. The van der Waals surface area contributed by atoms with E-state index >= 15 is 0 Å². The van der Waals surface area contributed by atoms with Gasteiger partial charge in [-0.3, -0.25) is 0 Å². The van der Waals surface area contributed by atoms with Crippen molar-refractivity contribution in [2.75, 3.05) is 0 Å². The average molecular weight is 356 g/mol. The zero-order valence-electron chi connectivity index (χ0n) is 6.84. The van der Waals surface area contributed by atoms with E-state index in [1.807, 2.05) is 18.2 Å². The number of alkyl halides is 1. The SMILES string of the molecule is Clc1cc(C(Br)c2ccco2)sc1Br. The highest BCUT2D eigenvalue weighted by Gasteiger charge is 2.16. The smallest absolute Gasteiger partial charge is 0.122 e. The topological polar surface area (TPSA) is 13.1 Å². The van der Waals surface area contributed by atoms with Gasteiger partial charge >= 0.3 is 0 Å². The lowest BCUT2D eigenvalue weighted by Crippen LogP contribution is -1.84. The van der Waals surface area contributed by atoms with Crippen LogP contribution in [0.15, 0.2) is 32.7 Å². The van der Waals surface area contributed by atoms with Crippen LogP contribution in [0.5, 0.6) is 0 Å². The molecule has 1 nitrogen and oxygen atoms in total. The first-order valence-electron chi connectivity index (χ1n) is 3.80. The maximum Gasteiger partial charge on any atom is 0.122 e. The van der Waals surface area contributed by atoms with Crippen LogP contribution in [0.25, 0.3) is 0 Å². The second kappa shape index (κ2) is 4.39. The van der Waals surface area contributed by atoms with Gasteiger partial charge in [0.2, 0.25) is 0 Å². The minimum absolute atomic E-state index is 0.0753. The van der Waals surface area contributed by atoms with Crippen molar-refractivity contribution in [1.29, 1.82) is 0 Å². The Labute approximate surface area is 107 Å². The van der Waals surface area contributed by atoms with Crippen molar-refractivity contribution in [3.05, 3.63) is 43.9 Å². The number of hydrogen-bond acceptors (Lipinski definition) is 2. The van der Waals surface area contributed by atoms with Gasteiger partial charge in [0.1, 0.15) is 10.6 Å². The van der Waals surface area contributed by atoms with Crippen molar-refractivity contribution in [2.45, 2.75) is 4.83 Å². The third-order valence-electron chi connectivity index (χ3n) is 1.71. The molecule has 0 aliphatic carbocycles. The van der Waals surface area contributed by atoms with Crippen molar-refractivity contribution in [3.63, 3.8) is 0 Å². The highest BCUT2D eigenvalue weighted by molar-refractivity contribution is 9.11. The largest absolute Gasteiger partial charge is 0.468 e. The van der Waals surface area contributed by atoms with Gasteiger partial charge in [0.05, 0.1) is 15.1 Å². The summed E-state index contributed by atoms with van der Waals surface area (Å²) in [6.45, 7) is 0. The van der Waals surface area contributed by atoms with Crippen LogP contribution >= 0.6 is 54.8 Å². The van der Waals surface area contributed by atoms with Crippen LogP contribution in [-0.2, 0) is 0 Å². The first-order valence-corrected chi connectivity index (χ1v) is 6.71. The number of thiophene rings is 1. The summed E-state index contributed by atoms with van der Waals surface area (Å²) in [5, 5.41) is 0.737. The predicted molar refractivity (Wildman–Crippen MR) is 66.5 cm³/mol. The van der Waals surface area contributed by atoms with E-state index in [0.717, 1.165) is 19.4 Å². The van der Waals surface area contributed by atoms with Crippen LogP contribution in [-0.4, -0.2) is 0 Å². The van der Waals surface area contributed by atoms with E-state index in [-0.39, 0.29) is 4.83 Å². The first kappa shape index (κ1) is 10.7. The van der Waals surface area contributed by atoms with Crippen LogP contribution in [0.4, 0.5) is 0 Å². The highest BCUT2D eigenvalue weighted by Crippen LogP contribution is 2.41. The van der Waals surface area contributed by atoms with E-state index in [2.05, 4.69) is 31.9 Å². The quantitative estimate of drug-likeness (QED) is 0.671. The van der Waals surface area contributed by atoms with Gasteiger partial charge in [0.15, 0.2) is 0 Å². The summed E-state index contributed by atoms with van der Waals surface area (Å²) in [6, 6.07) is 5.73. The number of rotatable bonds is 2. The fourth-order valence-electron chi connectivity index (χ4n) is 1.06. The van der Waals surface area contributed by atoms with Gasteiger partial charge < -0.3 is 4.42 Å². The van der Waals surface area contributed by atoms with E-state index < -0.39 is 0 Å². The summed E-state index contributed by atoms with van der Waals surface area (Å²) < 4.78 is 6.25. The van der Waals surface area contributed by atoms with Gasteiger partial charge in [0.25, 0.3) is 0 Å². The van der Waals surface area contributed by atoms with Crippen molar-refractivity contribution in [1.82, 2.24) is 0 Å². The Morgan fingerprint density at radius 3 is 2.79 bits per heavy atom. The van der Waals surface area contributed by atoms with E-state index in [1.165, 1.54) is 0 Å². The fraction of sp³-hybridized carbons (Fsp3) is 0.111. The number of halogens is 3. The van der Waals surface area contributed by atoms with E-state index in [1.54, 1.807) is 17.6 Å². The van der Waals surface area contributed by atoms with Crippen LogP contribution < -0.4 is 0 Å². The normalized spacial score (nSPS) is 13.1. The molecule has 0 fully saturated rings. The maximum atomic E-state index is 5.95. The summed E-state index contributed by atoms with van der Waals surface area (Å²) in [7, 11) is 0. The zero-order valence-corrected chi connectivity index (χ0v) is 11.6.